The van der Waals surface area contributed by atoms with Crippen LogP contribution in [0.3, 0.4) is 0 Å². The van der Waals surface area contributed by atoms with Crippen LogP contribution < -0.4 is 11.3 Å². The number of nitrogens with one attached hydrogen (secondary N) is 1. The number of benzene rings is 1. The predicted molar refractivity (Wildman–Crippen MR) is 85.2 cm³/mol. The Morgan fingerprint density at radius 1 is 1.32 bits per heavy atom. The minimum absolute atomic E-state index is 0.580. The Balaban J connectivity index is 2.69. The first kappa shape index (κ1) is 14.3. The third-order valence-electron chi connectivity index (χ3n) is 3.16. The van der Waals surface area contributed by atoms with Gasteiger partial charge >= 0.3 is 0 Å². The van der Waals surface area contributed by atoms with E-state index in [1.54, 1.807) is 0 Å². The molecule has 0 saturated heterocycles. The number of fused-ring (bicyclic) bond motifs is 1. The molecule has 3 nitrogen and oxygen atoms in total. The Kier molecular flexibility index (Phi) is 4.42. The second-order valence-corrected chi connectivity index (χ2v) is 6.13. The molecule has 0 aliphatic rings. The van der Waals surface area contributed by atoms with Gasteiger partial charge in [-0.05, 0) is 42.5 Å². The van der Waals surface area contributed by atoms with Crippen LogP contribution in [-0.4, -0.2) is 4.98 Å². The summed E-state index contributed by atoms with van der Waals surface area (Å²) in [5.74, 6) is 6.24. The number of halogens is 1. The van der Waals surface area contributed by atoms with E-state index >= 15 is 0 Å². The van der Waals surface area contributed by atoms with Gasteiger partial charge in [-0.15, -0.1) is 0 Å². The molecule has 0 spiro atoms. The molecular weight excluding hydrogens is 302 g/mol. The molecule has 2 aromatic rings. The minimum Gasteiger partial charge on any atom is -0.323 e. The molecule has 0 aliphatic carbocycles. The van der Waals surface area contributed by atoms with Gasteiger partial charge in [0.15, 0.2) is 0 Å². The van der Waals surface area contributed by atoms with Crippen LogP contribution in [-0.2, 0) is 12.8 Å². The van der Waals surface area contributed by atoms with E-state index in [0.717, 1.165) is 39.6 Å². The lowest BCUT2D eigenvalue weighted by Gasteiger charge is -2.13. The van der Waals surface area contributed by atoms with E-state index in [2.05, 4.69) is 54.3 Å². The first-order valence-corrected chi connectivity index (χ1v) is 7.43. The average molecular weight is 322 g/mol. The van der Waals surface area contributed by atoms with E-state index in [9.17, 15) is 0 Å². The summed E-state index contributed by atoms with van der Waals surface area (Å²) in [6.07, 6.45) is 1.92. The molecule has 0 radical (unpaired) electrons. The summed E-state index contributed by atoms with van der Waals surface area (Å²) in [6, 6.07) is 6.25. The highest BCUT2D eigenvalue weighted by Crippen LogP contribution is 2.30. The Bertz CT molecular complexity index is 593. The van der Waals surface area contributed by atoms with Crippen molar-refractivity contribution in [3.63, 3.8) is 0 Å². The largest absolute Gasteiger partial charge is 0.323 e. The summed E-state index contributed by atoms with van der Waals surface area (Å²) in [5.41, 5.74) is 7.13. The van der Waals surface area contributed by atoms with E-state index in [4.69, 9.17) is 10.8 Å². The zero-order chi connectivity index (χ0) is 14.0. The number of nitrogen functional groups attached to an aromatic ring is 1. The molecule has 3 N–H and O–H groups in total. The number of hydrogen-bond donors (Lipinski definition) is 2. The van der Waals surface area contributed by atoms with Gasteiger partial charge in [-0.1, -0.05) is 36.7 Å². The number of pyridine rings is 1. The summed E-state index contributed by atoms with van der Waals surface area (Å²) < 4.78 is 1.06. The molecule has 0 bridgehead atoms. The molecule has 0 atom stereocenters. The number of hydrogen-bond acceptors (Lipinski definition) is 3. The normalized spacial score (nSPS) is 11.3. The third kappa shape index (κ3) is 3.07. The molecule has 19 heavy (non-hydrogen) atoms. The van der Waals surface area contributed by atoms with Crippen molar-refractivity contribution >= 4 is 32.5 Å². The topological polar surface area (TPSA) is 50.9 Å². The van der Waals surface area contributed by atoms with E-state index < -0.39 is 0 Å². The lowest BCUT2D eigenvalue weighted by atomic mass is 10.0. The molecule has 2 rings (SSSR count). The van der Waals surface area contributed by atoms with Crippen LogP contribution in [0.4, 0.5) is 5.69 Å². The zero-order valence-corrected chi connectivity index (χ0v) is 13.2. The van der Waals surface area contributed by atoms with Crippen molar-refractivity contribution in [2.75, 3.05) is 5.43 Å². The van der Waals surface area contributed by atoms with Crippen molar-refractivity contribution in [1.29, 1.82) is 0 Å². The highest BCUT2D eigenvalue weighted by molar-refractivity contribution is 9.10. The molecule has 4 heteroatoms. The van der Waals surface area contributed by atoms with Gasteiger partial charge < -0.3 is 5.43 Å². The Morgan fingerprint density at radius 3 is 2.63 bits per heavy atom. The van der Waals surface area contributed by atoms with Crippen LogP contribution in [0.2, 0.25) is 0 Å². The summed E-state index contributed by atoms with van der Waals surface area (Å²) >= 11 is 3.55. The van der Waals surface area contributed by atoms with Crippen LogP contribution in [0, 0.1) is 5.92 Å². The quantitative estimate of drug-likeness (QED) is 0.660. The maximum atomic E-state index is 5.66. The van der Waals surface area contributed by atoms with Gasteiger partial charge in [0.1, 0.15) is 0 Å². The fraction of sp³-hybridized carbons (Fsp3) is 0.400. The van der Waals surface area contributed by atoms with Crippen LogP contribution in [0.15, 0.2) is 22.7 Å². The van der Waals surface area contributed by atoms with Gasteiger partial charge in [-0.3, -0.25) is 10.8 Å². The maximum absolute atomic E-state index is 5.66. The number of nitrogens with zero attached hydrogens (tertiary/aromatic N) is 1. The SMILES string of the molecule is CCc1cc(Br)cc2c(NN)cc(CC(C)C)nc12. The summed E-state index contributed by atoms with van der Waals surface area (Å²) in [7, 11) is 0. The number of aryl methyl sites for hydroxylation is 1. The number of aromatic nitrogens is 1. The van der Waals surface area contributed by atoms with E-state index in [1.165, 1.54) is 5.56 Å². The van der Waals surface area contributed by atoms with Crippen LogP contribution in [0.5, 0.6) is 0 Å². The molecular formula is C15H20BrN3. The number of rotatable bonds is 4. The fourth-order valence-electron chi connectivity index (χ4n) is 2.33. The Hall–Kier alpha value is -1.13. The molecule has 0 aliphatic heterocycles. The van der Waals surface area contributed by atoms with Gasteiger partial charge in [0, 0.05) is 15.6 Å². The highest BCUT2D eigenvalue weighted by atomic mass is 79.9. The van der Waals surface area contributed by atoms with Crippen molar-refractivity contribution in [3.05, 3.63) is 33.9 Å². The van der Waals surface area contributed by atoms with Crippen molar-refractivity contribution in [2.45, 2.75) is 33.6 Å². The lowest BCUT2D eigenvalue weighted by molar-refractivity contribution is 0.637. The first-order chi connectivity index (χ1) is 9.05. The lowest BCUT2D eigenvalue weighted by Crippen LogP contribution is -2.09. The molecule has 1 heterocycles. The summed E-state index contributed by atoms with van der Waals surface area (Å²) in [4.78, 5) is 4.82. The van der Waals surface area contributed by atoms with E-state index in [-0.39, 0.29) is 0 Å². The molecule has 1 aromatic heterocycles. The standard InChI is InChI=1S/C15H20BrN3/c1-4-10-6-11(16)7-13-14(19-17)8-12(5-9(2)3)18-15(10)13/h6-9H,4-5,17H2,1-3H3,(H,18,19). The van der Waals surface area contributed by atoms with Gasteiger partial charge in [-0.25, -0.2) is 0 Å². The van der Waals surface area contributed by atoms with Crippen molar-refractivity contribution in [3.8, 4) is 0 Å². The Morgan fingerprint density at radius 2 is 2.05 bits per heavy atom. The van der Waals surface area contributed by atoms with Crippen molar-refractivity contribution < 1.29 is 0 Å². The second-order valence-electron chi connectivity index (χ2n) is 5.22. The molecule has 0 saturated carbocycles. The van der Waals surface area contributed by atoms with E-state index in [0.29, 0.717) is 5.92 Å². The van der Waals surface area contributed by atoms with Gasteiger partial charge in [0.05, 0.1) is 11.2 Å². The summed E-state index contributed by atoms with van der Waals surface area (Å²) in [6.45, 7) is 6.54. The highest BCUT2D eigenvalue weighted by Gasteiger charge is 2.10. The van der Waals surface area contributed by atoms with Gasteiger partial charge in [0.2, 0.25) is 0 Å². The van der Waals surface area contributed by atoms with Gasteiger partial charge in [-0.2, -0.15) is 0 Å². The predicted octanol–water partition coefficient (Wildman–Crippen LogP) is 4.04. The van der Waals surface area contributed by atoms with Crippen molar-refractivity contribution in [2.24, 2.45) is 11.8 Å². The first-order valence-electron chi connectivity index (χ1n) is 6.63. The number of hydrazine groups is 1. The zero-order valence-electron chi connectivity index (χ0n) is 11.6. The third-order valence-corrected chi connectivity index (χ3v) is 3.62. The van der Waals surface area contributed by atoms with Crippen LogP contribution in [0.25, 0.3) is 10.9 Å². The van der Waals surface area contributed by atoms with Gasteiger partial charge in [0.25, 0.3) is 0 Å². The molecule has 0 unspecified atom stereocenters. The minimum atomic E-state index is 0.580. The average Bonchev–Trinajstić information content (AvgIpc) is 2.36. The molecule has 0 amide bonds. The van der Waals surface area contributed by atoms with Crippen molar-refractivity contribution in [1.82, 2.24) is 4.98 Å². The van der Waals surface area contributed by atoms with Crippen LogP contribution >= 0.6 is 15.9 Å². The Labute approximate surface area is 122 Å². The monoisotopic (exact) mass is 321 g/mol. The maximum Gasteiger partial charge on any atom is 0.0759 e. The smallest absolute Gasteiger partial charge is 0.0759 e. The molecule has 102 valence electrons. The summed E-state index contributed by atoms with van der Waals surface area (Å²) in [5, 5.41) is 1.07. The fourth-order valence-corrected chi connectivity index (χ4v) is 2.83. The van der Waals surface area contributed by atoms with E-state index in [1.807, 2.05) is 6.07 Å². The number of anilines is 1. The second kappa shape index (κ2) is 5.88. The number of nitrogens with two attached hydrogens (primary N) is 1. The van der Waals surface area contributed by atoms with Crippen LogP contribution in [0.1, 0.15) is 32.0 Å². The molecule has 1 aromatic carbocycles. The molecule has 0 fully saturated rings.